The summed E-state index contributed by atoms with van der Waals surface area (Å²) < 4.78 is 45.3. The maximum atomic E-state index is 14.4. The highest BCUT2D eigenvalue weighted by Gasteiger charge is 2.48. The van der Waals surface area contributed by atoms with Crippen molar-refractivity contribution in [1.29, 1.82) is 0 Å². The minimum absolute atomic E-state index is 0.0207. The molecule has 1 aliphatic carbocycles. The monoisotopic (exact) mass is 749 g/mol. The Bertz CT molecular complexity index is 1460. The van der Waals surface area contributed by atoms with Crippen LogP contribution in [0.15, 0.2) is 43.0 Å². The number of benzene rings is 1. The fourth-order valence-electron chi connectivity index (χ4n) is 6.95. The van der Waals surface area contributed by atoms with Crippen LogP contribution in [0.1, 0.15) is 85.1 Å². The molecule has 5 atom stereocenters. The molecule has 1 saturated heterocycles. The van der Waals surface area contributed by atoms with Crippen LogP contribution in [0.5, 0.6) is 0 Å². The molecule has 12 nitrogen and oxygen atoms in total. The highest BCUT2D eigenvalue weighted by Crippen LogP contribution is 2.34. The Morgan fingerprint density at radius 3 is 2.17 bits per heavy atom. The van der Waals surface area contributed by atoms with Crippen molar-refractivity contribution in [2.75, 3.05) is 13.1 Å². The lowest BCUT2D eigenvalue weighted by molar-refractivity contribution is -0.148. The minimum atomic E-state index is -4.67. The number of carbonyl (C=O) groups excluding carboxylic acids is 6. The van der Waals surface area contributed by atoms with Gasteiger partial charge in [0.15, 0.2) is 0 Å². The highest BCUT2D eigenvalue weighted by atomic mass is 19.4. The maximum absolute atomic E-state index is 14.4. The van der Waals surface area contributed by atoms with Crippen molar-refractivity contribution in [2.24, 2.45) is 23.2 Å². The molecule has 2 fully saturated rings. The fourth-order valence-corrected chi connectivity index (χ4v) is 6.95. The molecule has 0 bridgehead atoms. The molecule has 5 amide bonds. The minimum Gasteiger partial charge on any atom is -0.459 e. The summed E-state index contributed by atoms with van der Waals surface area (Å²) in [7, 11) is 0. The van der Waals surface area contributed by atoms with Crippen molar-refractivity contribution in [2.45, 2.75) is 117 Å². The Kier molecular flexibility index (Phi) is 15.5. The summed E-state index contributed by atoms with van der Waals surface area (Å²) in [5, 5.41) is 10.1. The molecular weight excluding hydrogens is 695 g/mol. The SMILES string of the molecule is C=CCNC(=O)C(=O)C(CCC(F)(F)F)NC(=O)[C@@H]1[C@@H](C(C)C)CCN1C(=O)[C@@H](NC(=O)N[C@H](C(=O)OCc1ccccc1)C1CCCC1)C(C)(C)C. The van der Waals surface area contributed by atoms with Gasteiger partial charge in [-0.2, -0.15) is 13.2 Å². The molecule has 1 unspecified atom stereocenters. The fraction of sp³-hybridized carbons (Fsp3) is 0.632. The second-order valence-corrected chi connectivity index (χ2v) is 15.3. The van der Waals surface area contributed by atoms with Crippen molar-refractivity contribution >= 4 is 35.5 Å². The summed E-state index contributed by atoms with van der Waals surface area (Å²) in [5.41, 5.74) is -0.124. The number of nitrogens with one attached hydrogen (secondary N) is 4. The summed E-state index contributed by atoms with van der Waals surface area (Å²) in [5.74, 6) is -5.33. The van der Waals surface area contributed by atoms with E-state index in [1.54, 1.807) is 20.8 Å². The molecular formula is C38H54F3N5O7. The number of esters is 1. The number of Topliss-reactive ketones (excluding diaryl/α,β-unsaturated/α-hetero) is 1. The van der Waals surface area contributed by atoms with E-state index in [2.05, 4.69) is 27.8 Å². The van der Waals surface area contributed by atoms with Crippen molar-refractivity contribution in [1.82, 2.24) is 26.2 Å². The number of halogens is 3. The van der Waals surface area contributed by atoms with Gasteiger partial charge < -0.3 is 30.9 Å². The number of hydrogen-bond acceptors (Lipinski definition) is 7. The third kappa shape index (κ3) is 12.6. The number of ketones is 1. The molecule has 2 aliphatic rings. The number of rotatable bonds is 16. The number of ether oxygens (including phenoxy) is 1. The van der Waals surface area contributed by atoms with Gasteiger partial charge in [-0.05, 0) is 54.4 Å². The van der Waals surface area contributed by atoms with Gasteiger partial charge in [0.25, 0.3) is 5.91 Å². The molecule has 0 aromatic heterocycles. The molecule has 3 rings (SSSR count). The van der Waals surface area contributed by atoms with Crippen LogP contribution in [-0.2, 0) is 35.3 Å². The molecule has 1 heterocycles. The van der Waals surface area contributed by atoms with Gasteiger partial charge in [-0.15, -0.1) is 6.58 Å². The summed E-state index contributed by atoms with van der Waals surface area (Å²) in [4.78, 5) is 81.9. The molecule has 1 aromatic carbocycles. The Labute approximate surface area is 309 Å². The number of likely N-dealkylation sites (tertiary alicyclic amines) is 1. The lowest BCUT2D eigenvalue weighted by atomic mass is 9.84. The van der Waals surface area contributed by atoms with Crippen molar-refractivity contribution in [3.63, 3.8) is 0 Å². The van der Waals surface area contributed by atoms with Gasteiger partial charge in [-0.1, -0.05) is 83.9 Å². The molecule has 294 valence electrons. The van der Waals surface area contributed by atoms with Crippen LogP contribution in [0, 0.1) is 23.2 Å². The number of alkyl halides is 3. The molecule has 53 heavy (non-hydrogen) atoms. The van der Waals surface area contributed by atoms with Gasteiger partial charge in [-0.25, -0.2) is 9.59 Å². The zero-order valence-corrected chi connectivity index (χ0v) is 31.2. The van der Waals surface area contributed by atoms with Crippen molar-refractivity contribution in [3.8, 4) is 0 Å². The van der Waals surface area contributed by atoms with E-state index in [1.807, 2.05) is 44.2 Å². The normalized spacial score (nSPS) is 19.5. The van der Waals surface area contributed by atoms with Gasteiger partial charge in [-0.3, -0.25) is 19.2 Å². The number of carbonyl (C=O) groups is 6. The van der Waals surface area contributed by atoms with Gasteiger partial charge in [0, 0.05) is 19.5 Å². The second-order valence-electron chi connectivity index (χ2n) is 15.3. The molecule has 1 saturated carbocycles. The highest BCUT2D eigenvalue weighted by molar-refractivity contribution is 6.38. The average molecular weight is 750 g/mol. The van der Waals surface area contributed by atoms with Crippen LogP contribution in [0.25, 0.3) is 0 Å². The van der Waals surface area contributed by atoms with Crippen LogP contribution < -0.4 is 21.3 Å². The molecule has 1 aliphatic heterocycles. The summed E-state index contributed by atoms with van der Waals surface area (Å²) in [6, 6.07) is 3.13. The average Bonchev–Trinajstić information content (AvgIpc) is 3.79. The zero-order valence-electron chi connectivity index (χ0n) is 31.2. The summed E-state index contributed by atoms with van der Waals surface area (Å²) in [6.45, 7) is 12.3. The smallest absolute Gasteiger partial charge is 0.389 e. The standard InChI is InChI=1S/C38H54F3N5O7/c1-7-20-42-33(49)30(47)27(17-19-38(39,40)41)43-32(48)29-26(23(2)3)18-21-46(29)34(50)31(37(4,5)6)45-36(52)44-28(25-15-11-12-16-25)35(51)53-22-24-13-9-8-10-14-24/h7-10,13-14,23,25-29,31H,1,11-12,15-22H2,2-6H3,(H,42,49)(H,43,48)(H2,44,45,52)/t26-,27?,28+,29+,31-/m1/s1. The van der Waals surface area contributed by atoms with Gasteiger partial charge in [0.2, 0.25) is 17.6 Å². The molecule has 0 radical (unpaired) electrons. The Morgan fingerprint density at radius 1 is 0.962 bits per heavy atom. The first-order valence-electron chi connectivity index (χ1n) is 18.2. The van der Waals surface area contributed by atoms with E-state index in [-0.39, 0.29) is 31.5 Å². The summed E-state index contributed by atoms with van der Waals surface area (Å²) in [6.07, 6.45) is -2.16. The predicted molar refractivity (Wildman–Crippen MR) is 191 cm³/mol. The first-order valence-corrected chi connectivity index (χ1v) is 18.2. The topological polar surface area (TPSA) is 163 Å². The van der Waals surface area contributed by atoms with Crippen LogP contribution in [0.4, 0.5) is 18.0 Å². The number of nitrogens with zero attached hydrogens (tertiary/aromatic N) is 1. The van der Waals surface area contributed by atoms with Gasteiger partial charge in [0.05, 0.1) is 6.04 Å². The first kappa shape index (κ1) is 43.0. The number of hydrogen-bond donors (Lipinski definition) is 4. The van der Waals surface area contributed by atoms with Crippen LogP contribution >= 0.6 is 0 Å². The zero-order chi connectivity index (χ0) is 39.5. The largest absolute Gasteiger partial charge is 0.459 e. The van der Waals surface area contributed by atoms with E-state index in [1.165, 1.54) is 11.0 Å². The molecule has 1 aromatic rings. The summed E-state index contributed by atoms with van der Waals surface area (Å²) >= 11 is 0. The molecule has 4 N–H and O–H groups in total. The van der Waals surface area contributed by atoms with Gasteiger partial charge >= 0.3 is 18.2 Å². The quantitative estimate of drug-likeness (QED) is 0.109. The third-order valence-electron chi connectivity index (χ3n) is 9.86. The number of urea groups is 1. The van der Waals surface area contributed by atoms with Crippen LogP contribution in [0.3, 0.4) is 0 Å². The van der Waals surface area contributed by atoms with E-state index >= 15 is 0 Å². The van der Waals surface area contributed by atoms with Gasteiger partial charge in [0.1, 0.15) is 24.7 Å². The van der Waals surface area contributed by atoms with E-state index in [0.717, 1.165) is 18.4 Å². The Hall–Kier alpha value is -4.43. The Morgan fingerprint density at radius 2 is 1.60 bits per heavy atom. The van der Waals surface area contributed by atoms with E-state index in [9.17, 15) is 41.9 Å². The molecule has 0 spiro atoms. The predicted octanol–water partition coefficient (Wildman–Crippen LogP) is 4.57. The van der Waals surface area contributed by atoms with Crippen molar-refractivity contribution < 1.29 is 46.7 Å². The van der Waals surface area contributed by atoms with E-state index < -0.39 is 90.0 Å². The maximum Gasteiger partial charge on any atom is 0.389 e. The van der Waals surface area contributed by atoms with E-state index in [0.29, 0.717) is 19.3 Å². The van der Waals surface area contributed by atoms with E-state index in [4.69, 9.17) is 4.74 Å². The lowest BCUT2D eigenvalue weighted by Crippen LogP contribution is -2.62. The molecule has 15 heteroatoms. The Balaban J connectivity index is 1.83. The van der Waals surface area contributed by atoms with Crippen molar-refractivity contribution in [3.05, 3.63) is 48.6 Å². The first-order chi connectivity index (χ1) is 24.8. The lowest BCUT2D eigenvalue weighted by Gasteiger charge is -2.37. The third-order valence-corrected chi connectivity index (χ3v) is 9.86. The van der Waals surface area contributed by atoms with Crippen LogP contribution in [0.2, 0.25) is 0 Å². The second kappa shape index (κ2) is 19.1. The number of amides is 5. The van der Waals surface area contributed by atoms with Crippen LogP contribution in [-0.4, -0.2) is 83.8 Å².